The molecule has 0 spiro atoms. The maximum atomic E-state index is 11.9. The fourth-order valence-electron chi connectivity index (χ4n) is 1.77. The molecule has 1 N–H and O–H groups in total. The van der Waals surface area contributed by atoms with Crippen LogP contribution in [-0.2, 0) is 9.53 Å². The molecule has 5 nitrogen and oxygen atoms in total. The predicted octanol–water partition coefficient (Wildman–Crippen LogP) is 3.18. The molecule has 1 aromatic rings. The summed E-state index contributed by atoms with van der Waals surface area (Å²) in [5.41, 5.74) is 0.0446. The van der Waals surface area contributed by atoms with Gasteiger partial charge in [-0.1, -0.05) is 13.8 Å². The summed E-state index contributed by atoms with van der Waals surface area (Å²) in [7, 11) is 0. The molecule has 0 saturated carbocycles. The maximum Gasteiger partial charge on any atom is 0.338 e. The van der Waals surface area contributed by atoms with Crippen molar-refractivity contribution in [3.8, 4) is 5.75 Å². The molecule has 0 bridgehead atoms. The van der Waals surface area contributed by atoms with Gasteiger partial charge in [-0.05, 0) is 57.4 Å². The molecule has 0 atom stereocenters. The Morgan fingerprint density at radius 2 is 1.74 bits per heavy atom. The summed E-state index contributed by atoms with van der Waals surface area (Å²) in [6, 6.07) is 6.72. The molecule has 0 radical (unpaired) electrons. The van der Waals surface area contributed by atoms with Crippen LogP contribution in [0, 0.1) is 5.92 Å². The first kappa shape index (κ1) is 19.0. The van der Waals surface area contributed by atoms with Crippen LogP contribution in [0.15, 0.2) is 24.3 Å². The first-order chi connectivity index (χ1) is 10.7. The zero-order chi connectivity index (χ0) is 17.5. The van der Waals surface area contributed by atoms with Gasteiger partial charge in [-0.3, -0.25) is 4.79 Å². The topological polar surface area (TPSA) is 64.6 Å². The molecule has 0 fully saturated rings. The number of nitrogens with one attached hydrogen (secondary N) is 1. The van der Waals surface area contributed by atoms with Crippen molar-refractivity contribution in [2.45, 2.75) is 46.6 Å². The number of rotatable bonds is 7. The number of carbonyl (C=O) groups excluding carboxylic acids is 2. The van der Waals surface area contributed by atoms with Gasteiger partial charge in [0.25, 0.3) is 5.91 Å². The van der Waals surface area contributed by atoms with E-state index in [1.165, 1.54) is 0 Å². The lowest BCUT2D eigenvalue weighted by Gasteiger charge is -2.20. The van der Waals surface area contributed by atoms with Crippen LogP contribution >= 0.6 is 0 Å². The molecule has 5 heteroatoms. The van der Waals surface area contributed by atoms with Crippen molar-refractivity contribution in [3.05, 3.63) is 29.8 Å². The van der Waals surface area contributed by atoms with Gasteiger partial charge in [0.1, 0.15) is 5.75 Å². The number of amides is 1. The minimum Gasteiger partial charge on any atom is -0.494 e. The van der Waals surface area contributed by atoms with Crippen LogP contribution in [0.4, 0.5) is 0 Å². The van der Waals surface area contributed by atoms with Gasteiger partial charge >= 0.3 is 5.97 Å². The van der Waals surface area contributed by atoms with E-state index in [9.17, 15) is 9.59 Å². The average Bonchev–Trinajstić information content (AvgIpc) is 2.43. The standard InChI is InChI=1S/C18H27NO4/c1-13(2)10-11-22-15-8-6-14(7-9-15)17(21)23-12-16(20)19-18(3,4)5/h6-9,13H,10-12H2,1-5H3,(H,19,20). The van der Waals surface area contributed by atoms with Gasteiger partial charge in [-0.25, -0.2) is 4.79 Å². The second-order valence-corrected chi connectivity index (χ2v) is 6.93. The lowest BCUT2D eigenvalue weighted by Crippen LogP contribution is -2.42. The highest BCUT2D eigenvalue weighted by Crippen LogP contribution is 2.14. The van der Waals surface area contributed by atoms with E-state index in [1.54, 1.807) is 24.3 Å². The lowest BCUT2D eigenvalue weighted by molar-refractivity contribution is -0.125. The quantitative estimate of drug-likeness (QED) is 0.783. The summed E-state index contributed by atoms with van der Waals surface area (Å²) in [5, 5.41) is 2.73. The van der Waals surface area contributed by atoms with Crippen molar-refractivity contribution in [2.24, 2.45) is 5.92 Å². The molecule has 23 heavy (non-hydrogen) atoms. The first-order valence-electron chi connectivity index (χ1n) is 7.88. The van der Waals surface area contributed by atoms with E-state index in [4.69, 9.17) is 9.47 Å². The van der Waals surface area contributed by atoms with Gasteiger partial charge in [0.05, 0.1) is 12.2 Å². The summed E-state index contributed by atoms with van der Waals surface area (Å²) in [6.45, 7) is 10.2. The third-order valence-electron chi connectivity index (χ3n) is 2.90. The average molecular weight is 321 g/mol. The summed E-state index contributed by atoms with van der Waals surface area (Å²) in [4.78, 5) is 23.5. The number of hydrogen-bond donors (Lipinski definition) is 1. The van der Waals surface area contributed by atoms with Gasteiger partial charge in [-0.15, -0.1) is 0 Å². The largest absolute Gasteiger partial charge is 0.494 e. The van der Waals surface area contributed by atoms with Gasteiger partial charge in [0, 0.05) is 5.54 Å². The molecule has 1 aromatic carbocycles. The fraction of sp³-hybridized carbons (Fsp3) is 0.556. The van der Waals surface area contributed by atoms with Gasteiger partial charge < -0.3 is 14.8 Å². The van der Waals surface area contributed by atoms with E-state index in [1.807, 2.05) is 20.8 Å². The Labute approximate surface area is 138 Å². The fourth-order valence-corrected chi connectivity index (χ4v) is 1.77. The van der Waals surface area contributed by atoms with E-state index in [-0.39, 0.29) is 18.1 Å². The van der Waals surface area contributed by atoms with E-state index >= 15 is 0 Å². The molecule has 0 unspecified atom stereocenters. The van der Waals surface area contributed by atoms with Crippen LogP contribution in [-0.4, -0.2) is 30.6 Å². The van der Waals surface area contributed by atoms with Crippen LogP contribution in [0.2, 0.25) is 0 Å². The van der Waals surface area contributed by atoms with Crippen molar-refractivity contribution >= 4 is 11.9 Å². The van der Waals surface area contributed by atoms with Crippen LogP contribution in [0.5, 0.6) is 5.75 Å². The molecule has 0 aromatic heterocycles. The zero-order valence-corrected chi connectivity index (χ0v) is 14.6. The number of carbonyl (C=O) groups is 2. The SMILES string of the molecule is CC(C)CCOc1ccc(C(=O)OCC(=O)NC(C)(C)C)cc1. The second-order valence-electron chi connectivity index (χ2n) is 6.93. The first-order valence-corrected chi connectivity index (χ1v) is 7.88. The van der Waals surface area contributed by atoms with Crippen molar-refractivity contribution in [1.29, 1.82) is 0 Å². The highest BCUT2D eigenvalue weighted by Gasteiger charge is 2.16. The van der Waals surface area contributed by atoms with Crippen LogP contribution in [0.25, 0.3) is 0 Å². The minimum absolute atomic E-state index is 0.289. The summed E-state index contributed by atoms with van der Waals surface area (Å²) < 4.78 is 10.6. The molecule has 0 aliphatic carbocycles. The highest BCUT2D eigenvalue weighted by molar-refractivity contribution is 5.91. The molecule has 0 aliphatic rings. The van der Waals surface area contributed by atoms with E-state index in [0.717, 1.165) is 6.42 Å². The Bertz CT molecular complexity index is 515. The summed E-state index contributed by atoms with van der Waals surface area (Å²) in [6.07, 6.45) is 0.979. The molecule has 1 amide bonds. The number of benzene rings is 1. The number of hydrogen-bond acceptors (Lipinski definition) is 4. The molecular formula is C18H27NO4. The summed E-state index contributed by atoms with van der Waals surface area (Å²) in [5.74, 6) is 0.457. The van der Waals surface area contributed by atoms with Gasteiger partial charge in [0.15, 0.2) is 6.61 Å². The molecule has 1 rings (SSSR count). The lowest BCUT2D eigenvalue weighted by atomic mass is 10.1. The monoisotopic (exact) mass is 321 g/mol. The molecule has 0 heterocycles. The van der Waals surface area contributed by atoms with Crippen LogP contribution in [0.1, 0.15) is 51.4 Å². The van der Waals surface area contributed by atoms with E-state index in [2.05, 4.69) is 19.2 Å². The Kier molecular flexibility index (Phi) is 7.07. The van der Waals surface area contributed by atoms with Gasteiger partial charge in [-0.2, -0.15) is 0 Å². The third kappa shape index (κ3) is 8.24. The summed E-state index contributed by atoms with van der Waals surface area (Å²) >= 11 is 0. The predicted molar refractivity (Wildman–Crippen MR) is 89.6 cm³/mol. The number of ether oxygens (including phenoxy) is 2. The van der Waals surface area contributed by atoms with E-state index in [0.29, 0.717) is 23.8 Å². The minimum atomic E-state index is -0.525. The Morgan fingerprint density at radius 3 is 2.26 bits per heavy atom. The van der Waals surface area contributed by atoms with Crippen LogP contribution in [0.3, 0.4) is 0 Å². The van der Waals surface area contributed by atoms with Crippen molar-refractivity contribution < 1.29 is 19.1 Å². The molecule has 128 valence electrons. The maximum absolute atomic E-state index is 11.9. The van der Waals surface area contributed by atoms with Crippen molar-refractivity contribution in [3.63, 3.8) is 0 Å². The normalized spacial score (nSPS) is 11.2. The molecule has 0 saturated heterocycles. The third-order valence-corrected chi connectivity index (χ3v) is 2.90. The Morgan fingerprint density at radius 1 is 1.13 bits per heavy atom. The second kappa shape index (κ2) is 8.56. The smallest absolute Gasteiger partial charge is 0.338 e. The Balaban J connectivity index is 2.43. The zero-order valence-electron chi connectivity index (χ0n) is 14.6. The van der Waals surface area contributed by atoms with Crippen molar-refractivity contribution in [1.82, 2.24) is 5.32 Å². The molecule has 0 aliphatic heterocycles. The number of esters is 1. The van der Waals surface area contributed by atoms with Crippen molar-refractivity contribution in [2.75, 3.05) is 13.2 Å². The van der Waals surface area contributed by atoms with E-state index < -0.39 is 5.97 Å². The Hall–Kier alpha value is -2.04. The highest BCUT2D eigenvalue weighted by atomic mass is 16.5. The van der Waals surface area contributed by atoms with Crippen LogP contribution < -0.4 is 10.1 Å². The molecular weight excluding hydrogens is 294 g/mol. The van der Waals surface area contributed by atoms with Gasteiger partial charge in [0.2, 0.25) is 0 Å².